The van der Waals surface area contributed by atoms with Gasteiger partial charge >= 0.3 is 6.18 Å². The number of hydrogen-bond acceptors (Lipinski definition) is 1. The maximum atomic E-state index is 12.2. The Morgan fingerprint density at radius 2 is 1.94 bits per heavy atom. The van der Waals surface area contributed by atoms with Crippen LogP contribution in [0.3, 0.4) is 0 Å². The molecule has 0 saturated heterocycles. The van der Waals surface area contributed by atoms with E-state index in [-0.39, 0.29) is 0 Å². The minimum atomic E-state index is -4.06. The van der Waals surface area contributed by atoms with Crippen molar-refractivity contribution < 1.29 is 13.2 Å². The second kappa shape index (κ2) is 8.62. The van der Waals surface area contributed by atoms with Gasteiger partial charge in [0.05, 0.1) is 6.42 Å². The molecule has 0 aromatic heterocycles. The number of alkyl halides is 3. The Balaban J connectivity index is 3.72. The summed E-state index contributed by atoms with van der Waals surface area (Å²) in [6.45, 7) is 6.04. The Morgan fingerprint density at radius 1 is 1.25 bits per heavy atom. The summed E-state index contributed by atoms with van der Waals surface area (Å²) in [5.41, 5.74) is 0. The van der Waals surface area contributed by atoms with Crippen LogP contribution in [-0.2, 0) is 0 Å². The molecular formula is C12H22F3N. The summed E-state index contributed by atoms with van der Waals surface area (Å²) in [4.78, 5) is 0. The van der Waals surface area contributed by atoms with Gasteiger partial charge in [-0.2, -0.15) is 13.2 Å². The molecule has 0 rings (SSSR count). The molecule has 0 bridgehead atoms. The molecule has 0 amide bonds. The fourth-order valence-corrected chi connectivity index (χ4v) is 1.70. The second-order valence-electron chi connectivity index (χ2n) is 4.00. The van der Waals surface area contributed by atoms with Crippen molar-refractivity contribution in [3.8, 4) is 0 Å². The summed E-state index contributed by atoms with van der Waals surface area (Å²) < 4.78 is 36.6. The normalized spacial score (nSPS) is 13.8. The third kappa shape index (κ3) is 10.0. The van der Waals surface area contributed by atoms with Crippen LogP contribution in [0.25, 0.3) is 0 Å². The highest BCUT2D eigenvalue weighted by atomic mass is 19.4. The fraction of sp³-hybridized carbons (Fsp3) is 0.833. The van der Waals surface area contributed by atoms with Crippen LogP contribution in [0.1, 0.15) is 45.4 Å². The average Bonchev–Trinajstić information content (AvgIpc) is 2.15. The molecule has 1 nitrogen and oxygen atoms in total. The number of nitrogens with one attached hydrogen (secondary N) is 1. The molecular weight excluding hydrogens is 215 g/mol. The highest BCUT2D eigenvalue weighted by Crippen LogP contribution is 2.23. The Labute approximate surface area is 96.1 Å². The lowest BCUT2D eigenvalue weighted by Crippen LogP contribution is -2.33. The van der Waals surface area contributed by atoms with E-state index in [1.165, 1.54) is 0 Å². The van der Waals surface area contributed by atoms with Crippen LogP contribution in [0.5, 0.6) is 0 Å². The molecule has 0 saturated carbocycles. The maximum absolute atomic E-state index is 12.2. The van der Waals surface area contributed by atoms with Crippen molar-refractivity contribution in [3.05, 3.63) is 12.7 Å². The lowest BCUT2D eigenvalue weighted by molar-refractivity contribution is -0.140. The van der Waals surface area contributed by atoms with Crippen LogP contribution >= 0.6 is 0 Å². The molecule has 4 heteroatoms. The van der Waals surface area contributed by atoms with Gasteiger partial charge in [0.25, 0.3) is 0 Å². The lowest BCUT2D eigenvalue weighted by Gasteiger charge is -2.19. The molecule has 0 aliphatic rings. The molecule has 0 aromatic carbocycles. The monoisotopic (exact) mass is 237 g/mol. The first-order valence-corrected chi connectivity index (χ1v) is 5.90. The van der Waals surface area contributed by atoms with E-state index in [1.54, 1.807) is 0 Å². The van der Waals surface area contributed by atoms with Crippen molar-refractivity contribution in [1.82, 2.24) is 5.32 Å². The van der Waals surface area contributed by atoms with Crippen LogP contribution in [0, 0.1) is 0 Å². The SMILES string of the molecule is C=CCCCCCC(CC(F)(F)F)NCC. The Morgan fingerprint density at radius 3 is 2.44 bits per heavy atom. The van der Waals surface area contributed by atoms with E-state index in [0.29, 0.717) is 13.0 Å². The van der Waals surface area contributed by atoms with E-state index in [2.05, 4.69) is 11.9 Å². The van der Waals surface area contributed by atoms with Crippen molar-refractivity contribution in [1.29, 1.82) is 0 Å². The Bertz CT molecular complexity index is 178. The zero-order valence-electron chi connectivity index (χ0n) is 9.95. The molecule has 1 unspecified atom stereocenters. The molecule has 0 spiro atoms. The summed E-state index contributed by atoms with van der Waals surface area (Å²) in [6.07, 6.45) is 1.46. The van der Waals surface area contributed by atoms with Gasteiger partial charge in [0, 0.05) is 6.04 Å². The summed E-state index contributed by atoms with van der Waals surface area (Å²) in [5.74, 6) is 0. The van der Waals surface area contributed by atoms with Crippen LogP contribution in [0.15, 0.2) is 12.7 Å². The first-order valence-electron chi connectivity index (χ1n) is 5.90. The van der Waals surface area contributed by atoms with E-state index in [4.69, 9.17) is 0 Å². The standard InChI is InChI=1S/C12H22F3N/c1-3-5-6-7-8-9-11(16-4-2)10-12(13,14)15/h3,11,16H,1,4-10H2,2H3. The van der Waals surface area contributed by atoms with E-state index in [1.807, 2.05) is 13.0 Å². The lowest BCUT2D eigenvalue weighted by atomic mass is 10.0. The van der Waals surface area contributed by atoms with Gasteiger partial charge in [0.2, 0.25) is 0 Å². The first kappa shape index (κ1) is 15.5. The summed E-state index contributed by atoms with van der Waals surface area (Å²) >= 11 is 0. The molecule has 16 heavy (non-hydrogen) atoms. The number of halogens is 3. The predicted octanol–water partition coefficient (Wildman–Crippen LogP) is 4.05. The molecule has 0 fully saturated rings. The quantitative estimate of drug-likeness (QED) is 0.471. The summed E-state index contributed by atoms with van der Waals surface area (Å²) in [5, 5.41) is 2.89. The van der Waals surface area contributed by atoms with Gasteiger partial charge in [-0.1, -0.05) is 25.8 Å². The summed E-state index contributed by atoms with van der Waals surface area (Å²) in [7, 11) is 0. The smallest absolute Gasteiger partial charge is 0.314 e. The molecule has 0 aromatic rings. The van der Waals surface area contributed by atoms with Gasteiger partial charge < -0.3 is 5.32 Å². The molecule has 0 radical (unpaired) electrons. The maximum Gasteiger partial charge on any atom is 0.390 e. The molecule has 0 heterocycles. The number of rotatable bonds is 9. The van der Waals surface area contributed by atoms with Crippen LogP contribution in [0.2, 0.25) is 0 Å². The summed E-state index contributed by atoms with van der Waals surface area (Å²) in [6, 6.07) is -0.422. The number of unbranched alkanes of at least 4 members (excludes halogenated alkanes) is 3. The third-order valence-corrected chi connectivity index (χ3v) is 2.43. The molecule has 0 aliphatic heterocycles. The molecule has 0 aliphatic carbocycles. The molecule has 96 valence electrons. The zero-order valence-corrected chi connectivity index (χ0v) is 9.95. The minimum Gasteiger partial charge on any atom is -0.314 e. The third-order valence-electron chi connectivity index (χ3n) is 2.43. The molecule has 1 N–H and O–H groups in total. The van der Waals surface area contributed by atoms with Gasteiger partial charge in [-0.05, 0) is 25.8 Å². The average molecular weight is 237 g/mol. The number of allylic oxidation sites excluding steroid dienone is 1. The Hall–Kier alpha value is -0.510. The van der Waals surface area contributed by atoms with Crippen molar-refractivity contribution in [2.24, 2.45) is 0 Å². The van der Waals surface area contributed by atoms with Crippen molar-refractivity contribution in [2.75, 3.05) is 6.54 Å². The van der Waals surface area contributed by atoms with Gasteiger partial charge in [-0.3, -0.25) is 0 Å². The topological polar surface area (TPSA) is 12.0 Å². The zero-order chi connectivity index (χ0) is 12.4. The van der Waals surface area contributed by atoms with Crippen LogP contribution < -0.4 is 5.32 Å². The van der Waals surface area contributed by atoms with Gasteiger partial charge in [-0.25, -0.2) is 0 Å². The van der Waals surface area contributed by atoms with Crippen molar-refractivity contribution in [3.63, 3.8) is 0 Å². The Kier molecular flexibility index (Phi) is 8.35. The predicted molar refractivity (Wildman–Crippen MR) is 61.4 cm³/mol. The largest absolute Gasteiger partial charge is 0.390 e. The highest BCUT2D eigenvalue weighted by molar-refractivity contribution is 4.71. The van der Waals surface area contributed by atoms with E-state index < -0.39 is 18.6 Å². The van der Waals surface area contributed by atoms with E-state index >= 15 is 0 Å². The molecule has 1 atom stereocenters. The van der Waals surface area contributed by atoms with Gasteiger partial charge in [-0.15, -0.1) is 6.58 Å². The van der Waals surface area contributed by atoms with Gasteiger partial charge in [0.15, 0.2) is 0 Å². The highest BCUT2D eigenvalue weighted by Gasteiger charge is 2.31. The first-order chi connectivity index (χ1) is 7.49. The van der Waals surface area contributed by atoms with Gasteiger partial charge in [0.1, 0.15) is 0 Å². The number of hydrogen-bond donors (Lipinski definition) is 1. The fourth-order valence-electron chi connectivity index (χ4n) is 1.70. The van der Waals surface area contributed by atoms with Crippen LogP contribution in [-0.4, -0.2) is 18.8 Å². The van der Waals surface area contributed by atoms with E-state index in [0.717, 1.165) is 25.7 Å². The minimum absolute atomic E-state index is 0.422. The van der Waals surface area contributed by atoms with Crippen molar-refractivity contribution >= 4 is 0 Å². The van der Waals surface area contributed by atoms with E-state index in [9.17, 15) is 13.2 Å². The van der Waals surface area contributed by atoms with Crippen LogP contribution in [0.4, 0.5) is 13.2 Å². The van der Waals surface area contributed by atoms with Crippen molar-refractivity contribution in [2.45, 2.75) is 57.7 Å². The second-order valence-corrected chi connectivity index (χ2v) is 4.00.